The third-order valence-electron chi connectivity index (χ3n) is 4.29. The van der Waals surface area contributed by atoms with Crippen LogP contribution < -0.4 is 10.6 Å². The number of nitrogens with one attached hydrogen (secondary N) is 2. The molecule has 1 fully saturated rings. The van der Waals surface area contributed by atoms with Gasteiger partial charge in [-0.15, -0.1) is 0 Å². The first-order valence-corrected chi connectivity index (χ1v) is 7.50. The van der Waals surface area contributed by atoms with Crippen molar-refractivity contribution in [2.24, 2.45) is 5.41 Å². The topological polar surface area (TPSA) is 41.1 Å². The molecule has 1 aliphatic rings. The van der Waals surface area contributed by atoms with E-state index >= 15 is 0 Å². The molecule has 0 bridgehead atoms. The van der Waals surface area contributed by atoms with E-state index in [4.69, 9.17) is 0 Å². The lowest BCUT2D eigenvalue weighted by molar-refractivity contribution is 0.0963. The molecule has 1 aliphatic carbocycles. The number of rotatable bonds is 3. The molecule has 0 saturated heterocycles. The maximum absolute atomic E-state index is 11.7. The summed E-state index contributed by atoms with van der Waals surface area (Å²) in [4.78, 5) is 11.7. The second kappa shape index (κ2) is 5.86. The number of carbonyl (C=O) groups is 1. The monoisotopic (exact) mass is 274 g/mol. The molecule has 3 nitrogen and oxygen atoms in total. The Morgan fingerprint density at radius 1 is 1.35 bits per heavy atom. The quantitative estimate of drug-likeness (QED) is 0.881. The van der Waals surface area contributed by atoms with Gasteiger partial charge in [0.1, 0.15) is 0 Å². The van der Waals surface area contributed by atoms with Crippen LogP contribution in [0.15, 0.2) is 18.2 Å². The van der Waals surface area contributed by atoms with Gasteiger partial charge in [-0.3, -0.25) is 4.79 Å². The average molecular weight is 274 g/mol. The zero-order valence-corrected chi connectivity index (χ0v) is 13.0. The summed E-state index contributed by atoms with van der Waals surface area (Å²) in [7, 11) is 1.67. The summed E-state index contributed by atoms with van der Waals surface area (Å²) in [6.07, 6.45) is 4.99. The number of anilines is 1. The van der Waals surface area contributed by atoms with Crippen LogP contribution in [0, 0.1) is 12.3 Å². The van der Waals surface area contributed by atoms with Gasteiger partial charge in [0.25, 0.3) is 5.91 Å². The smallest absolute Gasteiger partial charge is 0.251 e. The number of aryl methyl sites for hydroxylation is 1. The normalized spacial score (nSPS) is 21.3. The fourth-order valence-corrected chi connectivity index (χ4v) is 3.10. The molecule has 1 unspecified atom stereocenters. The zero-order valence-electron chi connectivity index (χ0n) is 13.0. The number of hydrogen-bond donors (Lipinski definition) is 2. The lowest BCUT2D eigenvalue weighted by Crippen LogP contribution is -2.32. The highest BCUT2D eigenvalue weighted by Crippen LogP contribution is 2.36. The van der Waals surface area contributed by atoms with E-state index in [1.807, 2.05) is 18.2 Å². The average Bonchev–Trinajstić information content (AvgIpc) is 2.39. The maximum atomic E-state index is 11.7. The fourth-order valence-electron chi connectivity index (χ4n) is 3.10. The minimum Gasteiger partial charge on any atom is -0.382 e. The lowest BCUT2D eigenvalue weighted by Gasteiger charge is -2.36. The fraction of sp³-hybridized carbons (Fsp3) is 0.588. The van der Waals surface area contributed by atoms with Crippen LogP contribution in [-0.2, 0) is 0 Å². The molecular weight excluding hydrogens is 248 g/mol. The second-order valence-corrected chi connectivity index (χ2v) is 6.71. The van der Waals surface area contributed by atoms with Gasteiger partial charge < -0.3 is 10.6 Å². The van der Waals surface area contributed by atoms with E-state index in [-0.39, 0.29) is 5.91 Å². The Kier molecular flexibility index (Phi) is 4.36. The van der Waals surface area contributed by atoms with Gasteiger partial charge in [-0.25, -0.2) is 0 Å². The highest BCUT2D eigenvalue weighted by Gasteiger charge is 2.28. The summed E-state index contributed by atoms with van der Waals surface area (Å²) in [5.74, 6) is -0.0305. The Bertz CT molecular complexity index is 494. The van der Waals surface area contributed by atoms with E-state index in [0.717, 1.165) is 11.3 Å². The molecular formula is C17H26N2O. The molecule has 2 rings (SSSR count). The molecule has 1 aromatic rings. The molecule has 0 aliphatic heterocycles. The van der Waals surface area contributed by atoms with Gasteiger partial charge in [-0.1, -0.05) is 26.3 Å². The van der Waals surface area contributed by atoms with Gasteiger partial charge in [0, 0.05) is 24.3 Å². The Morgan fingerprint density at radius 3 is 2.75 bits per heavy atom. The van der Waals surface area contributed by atoms with Crippen LogP contribution in [0.1, 0.15) is 55.5 Å². The Balaban J connectivity index is 2.14. The van der Waals surface area contributed by atoms with Gasteiger partial charge in [0.15, 0.2) is 0 Å². The van der Waals surface area contributed by atoms with Gasteiger partial charge in [0.05, 0.1) is 0 Å². The van der Waals surface area contributed by atoms with Crippen molar-refractivity contribution >= 4 is 11.6 Å². The molecule has 3 heteroatoms. The van der Waals surface area contributed by atoms with Crippen LogP contribution in [0.4, 0.5) is 5.69 Å². The molecule has 20 heavy (non-hydrogen) atoms. The molecule has 0 heterocycles. The van der Waals surface area contributed by atoms with E-state index in [0.29, 0.717) is 11.5 Å². The van der Waals surface area contributed by atoms with Crippen LogP contribution in [0.5, 0.6) is 0 Å². The molecule has 1 saturated carbocycles. The summed E-state index contributed by atoms with van der Waals surface area (Å²) in [5.41, 5.74) is 3.42. The molecule has 1 aromatic carbocycles. The third kappa shape index (κ3) is 3.53. The zero-order chi connectivity index (χ0) is 14.8. The maximum Gasteiger partial charge on any atom is 0.251 e. The van der Waals surface area contributed by atoms with Gasteiger partial charge in [-0.2, -0.15) is 0 Å². The standard InChI is InChI=1S/C17H26N2O/c1-12-7-8-13(16(20)18-4)10-15(12)19-14-6-5-9-17(2,3)11-14/h7-8,10,14,19H,5-6,9,11H2,1-4H3,(H,18,20). The summed E-state index contributed by atoms with van der Waals surface area (Å²) in [5, 5.41) is 6.32. The Morgan fingerprint density at radius 2 is 2.10 bits per heavy atom. The molecule has 2 N–H and O–H groups in total. The van der Waals surface area contributed by atoms with Crippen LogP contribution in [0.2, 0.25) is 0 Å². The van der Waals surface area contributed by atoms with Gasteiger partial charge in [-0.05, 0) is 49.3 Å². The van der Waals surface area contributed by atoms with Crippen LogP contribution in [0.25, 0.3) is 0 Å². The van der Waals surface area contributed by atoms with E-state index in [2.05, 4.69) is 31.4 Å². The van der Waals surface area contributed by atoms with E-state index in [1.165, 1.54) is 31.2 Å². The minimum absolute atomic E-state index is 0.0305. The molecule has 110 valence electrons. The molecule has 0 aromatic heterocycles. The predicted molar refractivity (Wildman–Crippen MR) is 84.2 cm³/mol. The van der Waals surface area contributed by atoms with Gasteiger partial charge in [0.2, 0.25) is 0 Å². The molecule has 0 radical (unpaired) electrons. The number of carbonyl (C=O) groups excluding carboxylic acids is 1. The molecule has 1 atom stereocenters. The number of amides is 1. The Hall–Kier alpha value is -1.51. The van der Waals surface area contributed by atoms with Crippen molar-refractivity contribution in [3.05, 3.63) is 29.3 Å². The van der Waals surface area contributed by atoms with Crippen molar-refractivity contribution in [2.45, 2.75) is 52.5 Å². The summed E-state index contributed by atoms with van der Waals surface area (Å²) < 4.78 is 0. The van der Waals surface area contributed by atoms with Crippen LogP contribution in [-0.4, -0.2) is 19.0 Å². The largest absolute Gasteiger partial charge is 0.382 e. The summed E-state index contributed by atoms with van der Waals surface area (Å²) in [6.45, 7) is 6.77. The highest BCUT2D eigenvalue weighted by molar-refractivity contribution is 5.95. The second-order valence-electron chi connectivity index (χ2n) is 6.71. The number of hydrogen-bond acceptors (Lipinski definition) is 2. The van der Waals surface area contributed by atoms with E-state index in [9.17, 15) is 4.79 Å². The highest BCUT2D eigenvalue weighted by atomic mass is 16.1. The van der Waals surface area contributed by atoms with Crippen LogP contribution in [0.3, 0.4) is 0 Å². The van der Waals surface area contributed by atoms with Crippen LogP contribution >= 0.6 is 0 Å². The van der Waals surface area contributed by atoms with Crippen molar-refractivity contribution < 1.29 is 4.79 Å². The Labute approximate surface area is 122 Å². The van der Waals surface area contributed by atoms with Crippen molar-refractivity contribution in [3.8, 4) is 0 Å². The summed E-state index contributed by atoms with van der Waals surface area (Å²) >= 11 is 0. The van der Waals surface area contributed by atoms with Crippen molar-refractivity contribution in [3.63, 3.8) is 0 Å². The third-order valence-corrected chi connectivity index (χ3v) is 4.29. The predicted octanol–water partition coefficient (Wildman–Crippen LogP) is 3.74. The van der Waals surface area contributed by atoms with Gasteiger partial charge >= 0.3 is 0 Å². The first-order valence-electron chi connectivity index (χ1n) is 7.50. The first-order chi connectivity index (χ1) is 9.41. The molecule has 0 spiro atoms. The summed E-state index contributed by atoms with van der Waals surface area (Å²) in [6, 6.07) is 6.37. The van der Waals surface area contributed by atoms with E-state index < -0.39 is 0 Å². The van der Waals surface area contributed by atoms with E-state index in [1.54, 1.807) is 7.05 Å². The minimum atomic E-state index is -0.0305. The van der Waals surface area contributed by atoms with Crippen molar-refractivity contribution in [1.82, 2.24) is 5.32 Å². The SMILES string of the molecule is CNC(=O)c1ccc(C)c(NC2CCCC(C)(C)C2)c1. The molecule has 1 amide bonds. The first kappa shape index (κ1) is 14.9. The van der Waals surface area contributed by atoms with Crippen molar-refractivity contribution in [2.75, 3.05) is 12.4 Å². The number of benzene rings is 1. The van der Waals surface area contributed by atoms with Crippen molar-refractivity contribution in [1.29, 1.82) is 0 Å². The lowest BCUT2D eigenvalue weighted by atomic mass is 9.75.